The van der Waals surface area contributed by atoms with E-state index in [9.17, 15) is 4.79 Å². The highest BCUT2D eigenvalue weighted by atomic mass is 35.5. The summed E-state index contributed by atoms with van der Waals surface area (Å²) in [6.07, 6.45) is 0. The van der Waals surface area contributed by atoms with E-state index in [4.69, 9.17) is 11.6 Å². The molecule has 0 aliphatic carbocycles. The lowest BCUT2D eigenvalue weighted by Crippen LogP contribution is -2.18. The maximum absolute atomic E-state index is 11.2. The molecule has 0 fully saturated rings. The number of nitrogens with zero attached hydrogens (tertiary/aromatic N) is 2. The predicted molar refractivity (Wildman–Crippen MR) is 64.5 cm³/mol. The Labute approximate surface area is 98.3 Å². The van der Waals surface area contributed by atoms with E-state index in [1.165, 1.54) is 10.7 Å². The van der Waals surface area contributed by atoms with Gasteiger partial charge in [0.05, 0.1) is 5.69 Å². The fraction of sp³-hybridized carbons (Fsp3) is 0.167. The SMILES string of the molecule is Cn1nc(-c2ccc(CCl)cc2)ccc1=O. The Morgan fingerprint density at radius 1 is 1.19 bits per heavy atom. The van der Waals surface area contributed by atoms with E-state index in [1.807, 2.05) is 24.3 Å². The maximum atomic E-state index is 11.2. The molecule has 0 unspecified atom stereocenters. The molecule has 82 valence electrons. The summed E-state index contributed by atoms with van der Waals surface area (Å²) >= 11 is 5.71. The lowest BCUT2D eigenvalue weighted by molar-refractivity contribution is 0.712. The molecular weight excluding hydrogens is 224 g/mol. The summed E-state index contributed by atoms with van der Waals surface area (Å²) in [6, 6.07) is 11.0. The van der Waals surface area contributed by atoms with Crippen molar-refractivity contribution >= 4 is 11.6 Å². The van der Waals surface area contributed by atoms with Gasteiger partial charge in [0.1, 0.15) is 0 Å². The van der Waals surface area contributed by atoms with Crippen LogP contribution in [0.4, 0.5) is 0 Å². The standard InChI is InChI=1S/C12H11ClN2O/c1-15-12(16)7-6-11(14-15)10-4-2-9(8-13)3-5-10/h2-7H,8H2,1H3. The number of halogens is 1. The first kappa shape index (κ1) is 10.9. The Bertz CT molecular complexity index is 546. The lowest BCUT2D eigenvalue weighted by atomic mass is 10.1. The Hall–Kier alpha value is -1.61. The molecular formula is C12H11ClN2O. The van der Waals surface area contributed by atoms with Crippen molar-refractivity contribution in [3.63, 3.8) is 0 Å². The minimum Gasteiger partial charge on any atom is -0.268 e. The van der Waals surface area contributed by atoms with Gasteiger partial charge in [-0.05, 0) is 11.6 Å². The third-order valence-corrected chi connectivity index (χ3v) is 2.67. The van der Waals surface area contributed by atoms with Crippen LogP contribution in [0.3, 0.4) is 0 Å². The van der Waals surface area contributed by atoms with Crippen molar-refractivity contribution in [1.29, 1.82) is 0 Å². The van der Waals surface area contributed by atoms with Crippen LogP contribution in [0.5, 0.6) is 0 Å². The van der Waals surface area contributed by atoms with Gasteiger partial charge >= 0.3 is 0 Å². The summed E-state index contributed by atoms with van der Waals surface area (Å²) in [4.78, 5) is 11.2. The normalized spacial score (nSPS) is 10.4. The number of aryl methyl sites for hydroxylation is 1. The van der Waals surface area contributed by atoms with Crippen LogP contribution in [0.2, 0.25) is 0 Å². The second kappa shape index (κ2) is 4.49. The molecule has 0 N–H and O–H groups in total. The molecule has 0 bridgehead atoms. The van der Waals surface area contributed by atoms with Crippen molar-refractivity contribution < 1.29 is 0 Å². The third-order valence-electron chi connectivity index (χ3n) is 2.36. The molecule has 0 aliphatic heterocycles. The Balaban J connectivity index is 2.42. The molecule has 0 saturated heterocycles. The summed E-state index contributed by atoms with van der Waals surface area (Å²) in [7, 11) is 1.64. The highest BCUT2D eigenvalue weighted by molar-refractivity contribution is 6.17. The molecule has 1 aromatic heterocycles. The fourth-order valence-electron chi connectivity index (χ4n) is 1.42. The fourth-order valence-corrected chi connectivity index (χ4v) is 1.60. The van der Waals surface area contributed by atoms with Crippen LogP contribution in [0.25, 0.3) is 11.3 Å². The molecule has 4 heteroatoms. The summed E-state index contributed by atoms with van der Waals surface area (Å²) in [5.41, 5.74) is 2.71. The minimum atomic E-state index is -0.110. The number of hydrogen-bond donors (Lipinski definition) is 0. The second-order valence-corrected chi connectivity index (χ2v) is 3.78. The number of hydrogen-bond acceptors (Lipinski definition) is 2. The molecule has 0 saturated carbocycles. The molecule has 3 nitrogen and oxygen atoms in total. The van der Waals surface area contributed by atoms with Gasteiger partial charge in [-0.2, -0.15) is 5.10 Å². The van der Waals surface area contributed by atoms with Gasteiger partial charge in [0.15, 0.2) is 0 Å². The van der Waals surface area contributed by atoms with E-state index < -0.39 is 0 Å². The zero-order valence-electron chi connectivity index (χ0n) is 8.85. The molecule has 16 heavy (non-hydrogen) atoms. The average Bonchev–Trinajstić information content (AvgIpc) is 2.33. The predicted octanol–water partition coefficient (Wildman–Crippen LogP) is 2.19. The molecule has 0 radical (unpaired) electrons. The quantitative estimate of drug-likeness (QED) is 0.747. The van der Waals surface area contributed by atoms with E-state index in [0.29, 0.717) is 5.88 Å². The number of benzene rings is 1. The van der Waals surface area contributed by atoms with E-state index in [1.54, 1.807) is 13.1 Å². The Morgan fingerprint density at radius 2 is 1.88 bits per heavy atom. The summed E-state index contributed by atoms with van der Waals surface area (Å²) < 4.78 is 1.32. The van der Waals surface area contributed by atoms with Crippen LogP contribution < -0.4 is 5.56 Å². The highest BCUT2D eigenvalue weighted by Crippen LogP contribution is 2.16. The minimum absolute atomic E-state index is 0.110. The van der Waals surface area contributed by atoms with E-state index in [2.05, 4.69) is 5.10 Å². The van der Waals surface area contributed by atoms with Crippen molar-refractivity contribution in [1.82, 2.24) is 9.78 Å². The van der Waals surface area contributed by atoms with Gasteiger partial charge < -0.3 is 0 Å². The van der Waals surface area contributed by atoms with Gasteiger partial charge in [-0.25, -0.2) is 4.68 Å². The first-order valence-corrected chi connectivity index (χ1v) is 5.44. The largest absolute Gasteiger partial charge is 0.268 e. The molecule has 2 aromatic rings. The van der Waals surface area contributed by atoms with Crippen LogP contribution >= 0.6 is 11.6 Å². The molecule has 1 aromatic carbocycles. The van der Waals surface area contributed by atoms with Gasteiger partial charge in [0.25, 0.3) is 5.56 Å². The van der Waals surface area contributed by atoms with Crippen molar-refractivity contribution in [2.24, 2.45) is 7.05 Å². The smallest absolute Gasteiger partial charge is 0.266 e. The lowest BCUT2D eigenvalue weighted by Gasteiger charge is -2.03. The Kier molecular flexibility index (Phi) is 3.06. The third kappa shape index (κ3) is 2.14. The van der Waals surface area contributed by atoms with Crippen LogP contribution in [-0.2, 0) is 12.9 Å². The zero-order chi connectivity index (χ0) is 11.5. The number of alkyl halides is 1. The van der Waals surface area contributed by atoms with Crippen LogP contribution in [0, 0.1) is 0 Å². The van der Waals surface area contributed by atoms with Crippen molar-refractivity contribution in [3.8, 4) is 11.3 Å². The average molecular weight is 235 g/mol. The van der Waals surface area contributed by atoms with Gasteiger partial charge in [-0.3, -0.25) is 4.79 Å². The van der Waals surface area contributed by atoms with E-state index in [0.717, 1.165) is 16.8 Å². The monoisotopic (exact) mass is 234 g/mol. The number of rotatable bonds is 2. The van der Waals surface area contributed by atoms with Gasteiger partial charge in [-0.1, -0.05) is 24.3 Å². The highest BCUT2D eigenvalue weighted by Gasteiger charge is 2.00. The van der Waals surface area contributed by atoms with Crippen molar-refractivity contribution in [2.45, 2.75) is 5.88 Å². The van der Waals surface area contributed by atoms with Gasteiger partial charge in [0, 0.05) is 24.6 Å². The van der Waals surface area contributed by atoms with Crippen LogP contribution in [0.1, 0.15) is 5.56 Å². The summed E-state index contributed by atoms with van der Waals surface area (Å²) in [5, 5.41) is 4.17. The van der Waals surface area contributed by atoms with Crippen LogP contribution in [0.15, 0.2) is 41.2 Å². The van der Waals surface area contributed by atoms with Crippen molar-refractivity contribution in [3.05, 3.63) is 52.3 Å². The Morgan fingerprint density at radius 3 is 2.44 bits per heavy atom. The molecule has 0 spiro atoms. The van der Waals surface area contributed by atoms with Crippen LogP contribution in [-0.4, -0.2) is 9.78 Å². The molecule has 0 amide bonds. The first-order valence-electron chi connectivity index (χ1n) is 4.90. The maximum Gasteiger partial charge on any atom is 0.266 e. The van der Waals surface area contributed by atoms with E-state index >= 15 is 0 Å². The molecule has 1 heterocycles. The topological polar surface area (TPSA) is 34.9 Å². The molecule has 0 aliphatic rings. The first-order chi connectivity index (χ1) is 7.70. The zero-order valence-corrected chi connectivity index (χ0v) is 9.61. The molecule has 0 atom stereocenters. The molecule has 2 rings (SSSR count). The summed E-state index contributed by atoms with van der Waals surface area (Å²) in [5.74, 6) is 0.501. The summed E-state index contributed by atoms with van der Waals surface area (Å²) in [6.45, 7) is 0. The van der Waals surface area contributed by atoms with Gasteiger partial charge in [0.2, 0.25) is 0 Å². The second-order valence-electron chi connectivity index (χ2n) is 3.51. The van der Waals surface area contributed by atoms with Crippen molar-refractivity contribution in [2.75, 3.05) is 0 Å². The number of aromatic nitrogens is 2. The van der Waals surface area contributed by atoms with E-state index in [-0.39, 0.29) is 5.56 Å². The van der Waals surface area contributed by atoms with Gasteiger partial charge in [-0.15, -0.1) is 11.6 Å².